The van der Waals surface area contributed by atoms with Crippen LogP contribution in [0.5, 0.6) is 5.75 Å². The Kier molecular flexibility index (Phi) is 7.25. The van der Waals surface area contributed by atoms with Crippen molar-refractivity contribution in [1.29, 1.82) is 0 Å². The van der Waals surface area contributed by atoms with E-state index in [2.05, 4.69) is 47.4 Å². The minimum atomic E-state index is 0.448. The summed E-state index contributed by atoms with van der Waals surface area (Å²) in [5, 5.41) is 7.63. The monoisotopic (exact) mass is 360 g/mol. The van der Waals surface area contributed by atoms with Gasteiger partial charge >= 0.3 is 0 Å². The Morgan fingerprint density at radius 3 is 2.64 bits per heavy atom. The van der Waals surface area contributed by atoms with Crippen molar-refractivity contribution in [2.45, 2.75) is 40.2 Å². The quantitative estimate of drug-likeness (QED) is 0.450. The van der Waals surface area contributed by atoms with E-state index in [1.807, 2.05) is 25.1 Å². The van der Waals surface area contributed by atoms with E-state index in [9.17, 15) is 0 Å². The summed E-state index contributed by atoms with van der Waals surface area (Å²) in [5.41, 5.74) is 2.33. The molecule has 0 bridgehead atoms. The summed E-state index contributed by atoms with van der Waals surface area (Å²) in [6.45, 7) is 10.4. The molecule has 5 nitrogen and oxygen atoms in total. The molecule has 2 rings (SSSR count). The van der Waals surface area contributed by atoms with Crippen LogP contribution in [0.4, 0.5) is 0 Å². The standard InChI is InChI=1S/C19H28N4OS/c1-13(2)16-8-6-7-9-17(16)24-11-10-21-19(20-5)22-12-18-23-14(3)15(4)25-18/h6-9,13H,10-12H2,1-5H3,(H2,20,21,22). The van der Waals surface area contributed by atoms with Gasteiger partial charge in [0.1, 0.15) is 17.4 Å². The van der Waals surface area contributed by atoms with E-state index >= 15 is 0 Å². The third-order valence-corrected chi connectivity index (χ3v) is 4.97. The highest BCUT2D eigenvalue weighted by atomic mass is 32.1. The Bertz CT molecular complexity index is 690. The van der Waals surface area contributed by atoms with Gasteiger partial charge in [0.25, 0.3) is 0 Å². The van der Waals surface area contributed by atoms with Crippen molar-refractivity contribution < 1.29 is 4.74 Å². The average Bonchev–Trinajstić information content (AvgIpc) is 2.92. The molecule has 25 heavy (non-hydrogen) atoms. The number of thiazole rings is 1. The van der Waals surface area contributed by atoms with E-state index < -0.39 is 0 Å². The predicted molar refractivity (Wildman–Crippen MR) is 106 cm³/mol. The summed E-state index contributed by atoms with van der Waals surface area (Å²) in [7, 11) is 1.77. The van der Waals surface area contributed by atoms with Crippen LogP contribution in [0.1, 0.15) is 40.9 Å². The minimum absolute atomic E-state index is 0.448. The van der Waals surface area contributed by atoms with E-state index in [4.69, 9.17) is 4.74 Å². The van der Waals surface area contributed by atoms with Crippen LogP contribution in [0.3, 0.4) is 0 Å². The maximum Gasteiger partial charge on any atom is 0.191 e. The fraction of sp³-hybridized carbons (Fsp3) is 0.474. The molecule has 0 unspecified atom stereocenters. The second kappa shape index (κ2) is 9.42. The third-order valence-electron chi connectivity index (χ3n) is 3.90. The van der Waals surface area contributed by atoms with Crippen LogP contribution >= 0.6 is 11.3 Å². The fourth-order valence-electron chi connectivity index (χ4n) is 2.41. The first kappa shape index (κ1) is 19.2. The van der Waals surface area contributed by atoms with Crippen LogP contribution in [0.15, 0.2) is 29.3 Å². The molecule has 0 spiro atoms. The predicted octanol–water partition coefficient (Wildman–Crippen LogP) is 3.63. The molecule has 6 heteroatoms. The molecule has 0 saturated heterocycles. The van der Waals surface area contributed by atoms with Crippen LogP contribution in [0.25, 0.3) is 0 Å². The molecular weight excluding hydrogens is 332 g/mol. The molecule has 0 atom stereocenters. The number of hydrogen-bond acceptors (Lipinski definition) is 4. The molecule has 0 radical (unpaired) electrons. The van der Waals surface area contributed by atoms with Gasteiger partial charge < -0.3 is 15.4 Å². The topological polar surface area (TPSA) is 58.5 Å². The highest BCUT2D eigenvalue weighted by Gasteiger charge is 2.07. The molecule has 0 amide bonds. The Morgan fingerprint density at radius 2 is 2.00 bits per heavy atom. The van der Waals surface area contributed by atoms with Gasteiger partial charge in [0.2, 0.25) is 0 Å². The lowest BCUT2D eigenvalue weighted by Gasteiger charge is -2.15. The minimum Gasteiger partial charge on any atom is -0.491 e. The molecule has 136 valence electrons. The number of nitrogens with one attached hydrogen (secondary N) is 2. The van der Waals surface area contributed by atoms with Gasteiger partial charge in [-0.25, -0.2) is 4.98 Å². The number of rotatable bonds is 7. The number of benzene rings is 1. The van der Waals surface area contributed by atoms with Gasteiger partial charge in [-0.15, -0.1) is 11.3 Å². The third kappa shape index (κ3) is 5.74. The smallest absolute Gasteiger partial charge is 0.191 e. The average molecular weight is 361 g/mol. The summed E-state index contributed by atoms with van der Waals surface area (Å²) in [4.78, 5) is 10.0. The van der Waals surface area contributed by atoms with Crippen LogP contribution in [-0.2, 0) is 6.54 Å². The Morgan fingerprint density at radius 1 is 1.24 bits per heavy atom. The summed E-state index contributed by atoms with van der Waals surface area (Å²) in [6.07, 6.45) is 0. The highest BCUT2D eigenvalue weighted by Crippen LogP contribution is 2.25. The number of ether oxygens (including phenoxy) is 1. The molecule has 0 fully saturated rings. The molecule has 0 saturated carbocycles. The first-order valence-corrected chi connectivity index (χ1v) is 9.42. The van der Waals surface area contributed by atoms with Crippen molar-refractivity contribution in [1.82, 2.24) is 15.6 Å². The summed E-state index contributed by atoms with van der Waals surface area (Å²) in [5.74, 6) is 2.16. The van der Waals surface area contributed by atoms with Crippen molar-refractivity contribution in [3.8, 4) is 5.75 Å². The second-order valence-corrected chi connectivity index (χ2v) is 7.43. The normalized spacial score (nSPS) is 11.7. The lowest BCUT2D eigenvalue weighted by molar-refractivity contribution is 0.317. The van der Waals surface area contributed by atoms with Crippen LogP contribution < -0.4 is 15.4 Å². The molecule has 1 aromatic heterocycles. The number of nitrogens with zero attached hydrogens (tertiary/aromatic N) is 2. The van der Waals surface area contributed by atoms with Crippen molar-refractivity contribution in [3.05, 3.63) is 45.4 Å². The highest BCUT2D eigenvalue weighted by molar-refractivity contribution is 7.11. The van der Waals surface area contributed by atoms with E-state index in [-0.39, 0.29) is 0 Å². The SMILES string of the molecule is CN=C(NCCOc1ccccc1C(C)C)NCc1nc(C)c(C)s1. The molecule has 0 aliphatic carbocycles. The fourth-order valence-corrected chi connectivity index (χ4v) is 3.29. The largest absolute Gasteiger partial charge is 0.491 e. The number of guanidine groups is 1. The van der Waals surface area contributed by atoms with Crippen LogP contribution in [0.2, 0.25) is 0 Å². The zero-order valence-corrected chi connectivity index (χ0v) is 16.5. The zero-order chi connectivity index (χ0) is 18.2. The van der Waals surface area contributed by atoms with Gasteiger partial charge in [0.05, 0.1) is 18.8 Å². The molecular formula is C19H28N4OS. The zero-order valence-electron chi connectivity index (χ0n) is 15.7. The van der Waals surface area contributed by atoms with E-state index in [0.29, 0.717) is 25.6 Å². The maximum absolute atomic E-state index is 5.92. The Labute approximate surface area is 154 Å². The van der Waals surface area contributed by atoms with Gasteiger partial charge in [-0.2, -0.15) is 0 Å². The van der Waals surface area contributed by atoms with Gasteiger partial charge in [-0.3, -0.25) is 4.99 Å². The first-order valence-electron chi connectivity index (χ1n) is 8.60. The second-order valence-electron chi connectivity index (χ2n) is 6.14. The molecule has 1 heterocycles. The number of aromatic nitrogens is 1. The van der Waals surface area contributed by atoms with Gasteiger partial charge in [0, 0.05) is 11.9 Å². The summed E-state index contributed by atoms with van der Waals surface area (Å²) in [6, 6.07) is 8.20. The summed E-state index contributed by atoms with van der Waals surface area (Å²) < 4.78 is 5.92. The van der Waals surface area contributed by atoms with Crippen LogP contribution in [0, 0.1) is 13.8 Å². The summed E-state index contributed by atoms with van der Waals surface area (Å²) >= 11 is 1.72. The number of hydrogen-bond donors (Lipinski definition) is 2. The molecule has 1 aromatic carbocycles. The molecule has 2 aromatic rings. The van der Waals surface area contributed by atoms with Crippen molar-refractivity contribution in [2.75, 3.05) is 20.2 Å². The van der Waals surface area contributed by atoms with Crippen molar-refractivity contribution in [2.24, 2.45) is 4.99 Å². The van der Waals surface area contributed by atoms with E-state index in [0.717, 1.165) is 22.4 Å². The van der Waals surface area contributed by atoms with Crippen LogP contribution in [-0.4, -0.2) is 31.1 Å². The lowest BCUT2D eigenvalue weighted by atomic mass is 10.0. The van der Waals surface area contributed by atoms with E-state index in [1.165, 1.54) is 10.4 Å². The first-order chi connectivity index (χ1) is 12.0. The van der Waals surface area contributed by atoms with Gasteiger partial charge in [-0.1, -0.05) is 32.0 Å². The molecule has 2 N–H and O–H groups in total. The number of aliphatic imine (C=N–C) groups is 1. The number of aryl methyl sites for hydroxylation is 2. The van der Waals surface area contributed by atoms with Crippen molar-refractivity contribution in [3.63, 3.8) is 0 Å². The Hall–Kier alpha value is -2.08. The maximum atomic E-state index is 5.92. The molecule has 0 aliphatic heterocycles. The van der Waals surface area contributed by atoms with Gasteiger partial charge in [0.15, 0.2) is 5.96 Å². The van der Waals surface area contributed by atoms with Crippen molar-refractivity contribution >= 4 is 17.3 Å². The van der Waals surface area contributed by atoms with E-state index in [1.54, 1.807) is 18.4 Å². The molecule has 0 aliphatic rings. The number of para-hydroxylation sites is 1. The van der Waals surface area contributed by atoms with Gasteiger partial charge in [-0.05, 0) is 31.4 Å². The Balaban J connectivity index is 1.76. The lowest BCUT2D eigenvalue weighted by Crippen LogP contribution is -2.38.